The zero-order valence-electron chi connectivity index (χ0n) is 13.9. The standard InChI is InChI=1S/C17H26FN3S.HI/c1-19-16(20-11-3-4-12-22-2)21-13-17(9-10-17)14-5-7-15(18)8-6-14;/h5-8H,3-4,9-13H2,1-2H3,(H2,19,20,21);1H. The van der Waals surface area contributed by atoms with E-state index in [4.69, 9.17) is 0 Å². The number of nitrogens with zero attached hydrogens (tertiary/aromatic N) is 1. The molecule has 0 spiro atoms. The van der Waals surface area contributed by atoms with Crippen molar-refractivity contribution in [1.82, 2.24) is 10.6 Å². The lowest BCUT2D eigenvalue weighted by Gasteiger charge is -2.19. The number of guanidine groups is 1. The summed E-state index contributed by atoms with van der Waals surface area (Å²) in [6.45, 7) is 1.80. The summed E-state index contributed by atoms with van der Waals surface area (Å²) in [6.07, 6.45) is 6.82. The first-order valence-corrected chi connectivity index (χ1v) is 9.29. The molecule has 2 N–H and O–H groups in total. The fourth-order valence-electron chi connectivity index (χ4n) is 2.57. The van der Waals surface area contributed by atoms with Gasteiger partial charge in [-0.1, -0.05) is 12.1 Å². The van der Waals surface area contributed by atoms with E-state index in [-0.39, 0.29) is 35.2 Å². The van der Waals surface area contributed by atoms with Gasteiger partial charge in [0.05, 0.1) is 0 Å². The van der Waals surface area contributed by atoms with Crippen LogP contribution in [0.3, 0.4) is 0 Å². The minimum Gasteiger partial charge on any atom is -0.356 e. The Hall–Kier alpha value is -0.500. The molecule has 1 fully saturated rings. The molecule has 130 valence electrons. The topological polar surface area (TPSA) is 36.4 Å². The van der Waals surface area contributed by atoms with Gasteiger partial charge in [-0.2, -0.15) is 11.8 Å². The molecule has 0 bridgehead atoms. The van der Waals surface area contributed by atoms with Gasteiger partial charge in [-0.3, -0.25) is 4.99 Å². The zero-order chi connectivity index (χ0) is 15.8. The molecule has 0 radical (unpaired) electrons. The number of thioether (sulfide) groups is 1. The molecular weight excluding hydrogens is 424 g/mol. The third-order valence-electron chi connectivity index (χ3n) is 4.20. The van der Waals surface area contributed by atoms with Crippen molar-refractivity contribution in [3.63, 3.8) is 0 Å². The molecule has 1 aromatic carbocycles. The van der Waals surface area contributed by atoms with E-state index in [2.05, 4.69) is 21.9 Å². The predicted octanol–water partition coefficient (Wildman–Crippen LogP) is 3.78. The molecule has 0 atom stereocenters. The fraction of sp³-hybridized carbons (Fsp3) is 0.588. The summed E-state index contributed by atoms with van der Waals surface area (Å²) in [4.78, 5) is 4.27. The monoisotopic (exact) mass is 451 g/mol. The number of aliphatic imine (C=N–C) groups is 1. The van der Waals surface area contributed by atoms with Crippen LogP contribution in [-0.2, 0) is 5.41 Å². The van der Waals surface area contributed by atoms with Gasteiger partial charge in [0.15, 0.2) is 5.96 Å². The van der Waals surface area contributed by atoms with Crippen LogP contribution < -0.4 is 10.6 Å². The van der Waals surface area contributed by atoms with E-state index in [1.165, 1.54) is 17.7 Å². The Morgan fingerprint density at radius 1 is 1.22 bits per heavy atom. The van der Waals surface area contributed by atoms with Crippen molar-refractivity contribution in [3.05, 3.63) is 35.6 Å². The highest BCUT2D eigenvalue weighted by atomic mass is 127. The zero-order valence-corrected chi connectivity index (χ0v) is 17.0. The maximum atomic E-state index is 13.0. The average Bonchev–Trinajstić information content (AvgIpc) is 3.32. The highest BCUT2D eigenvalue weighted by molar-refractivity contribution is 14.0. The molecule has 2 rings (SSSR count). The van der Waals surface area contributed by atoms with Crippen molar-refractivity contribution in [1.29, 1.82) is 0 Å². The summed E-state index contributed by atoms with van der Waals surface area (Å²) >= 11 is 1.89. The molecule has 0 amide bonds. The largest absolute Gasteiger partial charge is 0.356 e. The molecule has 0 aliphatic heterocycles. The van der Waals surface area contributed by atoms with Crippen LogP contribution in [0.1, 0.15) is 31.2 Å². The highest BCUT2D eigenvalue weighted by Gasteiger charge is 2.44. The second-order valence-electron chi connectivity index (χ2n) is 5.84. The van der Waals surface area contributed by atoms with Crippen molar-refractivity contribution in [2.24, 2.45) is 4.99 Å². The fourth-order valence-corrected chi connectivity index (χ4v) is 3.07. The summed E-state index contributed by atoms with van der Waals surface area (Å²) in [6, 6.07) is 6.91. The van der Waals surface area contributed by atoms with Crippen LogP contribution in [0, 0.1) is 5.82 Å². The number of hydrogen-bond acceptors (Lipinski definition) is 2. The van der Waals surface area contributed by atoms with Gasteiger partial charge in [-0.05, 0) is 55.4 Å². The van der Waals surface area contributed by atoms with E-state index < -0.39 is 0 Å². The molecule has 1 aliphatic rings. The Labute approximate surface area is 160 Å². The SMILES string of the molecule is CN=C(NCCCCSC)NCC1(c2ccc(F)cc2)CC1.I. The first-order valence-electron chi connectivity index (χ1n) is 7.90. The lowest BCUT2D eigenvalue weighted by molar-refractivity contribution is 0.616. The van der Waals surface area contributed by atoms with E-state index in [1.807, 2.05) is 23.9 Å². The van der Waals surface area contributed by atoms with Gasteiger partial charge in [0.25, 0.3) is 0 Å². The molecule has 1 aliphatic carbocycles. The Balaban J connectivity index is 0.00000264. The summed E-state index contributed by atoms with van der Waals surface area (Å²) in [7, 11) is 1.80. The van der Waals surface area contributed by atoms with Crippen LogP contribution in [0.5, 0.6) is 0 Å². The Morgan fingerprint density at radius 2 is 1.91 bits per heavy atom. The second-order valence-corrected chi connectivity index (χ2v) is 6.83. The van der Waals surface area contributed by atoms with Crippen LogP contribution in [-0.4, -0.2) is 38.1 Å². The van der Waals surface area contributed by atoms with Crippen LogP contribution in [0.15, 0.2) is 29.3 Å². The molecule has 1 saturated carbocycles. The van der Waals surface area contributed by atoms with Gasteiger partial charge < -0.3 is 10.6 Å². The molecule has 6 heteroatoms. The quantitative estimate of drug-likeness (QED) is 0.273. The lowest BCUT2D eigenvalue weighted by Crippen LogP contribution is -2.41. The summed E-state index contributed by atoms with van der Waals surface area (Å²) in [5.41, 5.74) is 1.38. The summed E-state index contributed by atoms with van der Waals surface area (Å²) < 4.78 is 13.0. The lowest BCUT2D eigenvalue weighted by atomic mass is 9.96. The molecule has 0 heterocycles. The molecule has 3 nitrogen and oxygen atoms in total. The van der Waals surface area contributed by atoms with Gasteiger partial charge in [0.1, 0.15) is 5.82 Å². The Kier molecular flexibility index (Phi) is 9.27. The van der Waals surface area contributed by atoms with Crippen LogP contribution in [0.25, 0.3) is 0 Å². The maximum absolute atomic E-state index is 13.0. The smallest absolute Gasteiger partial charge is 0.191 e. The summed E-state index contributed by atoms with van der Waals surface area (Å²) in [5.74, 6) is 1.90. The second kappa shape index (κ2) is 10.4. The maximum Gasteiger partial charge on any atom is 0.191 e. The molecule has 1 aromatic rings. The van der Waals surface area contributed by atoms with Gasteiger partial charge in [-0.25, -0.2) is 4.39 Å². The van der Waals surface area contributed by atoms with Crippen molar-refractivity contribution < 1.29 is 4.39 Å². The van der Waals surface area contributed by atoms with E-state index in [0.29, 0.717) is 0 Å². The third-order valence-corrected chi connectivity index (χ3v) is 4.89. The molecule has 23 heavy (non-hydrogen) atoms. The van der Waals surface area contributed by atoms with E-state index in [9.17, 15) is 4.39 Å². The number of unbranched alkanes of at least 4 members (excludes halogenated alkanes) is 1. The minimum atomic E-state index is -0.171. The van der Waals surface area contributed by atoms with Crippen molar-refractivity contribution in [2.45, 2.75) is 31.1 Å². The van der Waals surface area contributed by atoms with Gasteiger partial charge in [0, 0.05) is 25.6 Å². The van der Waals surface area contributed by atoms with E-state index in [1.54, 1.807) is 19.2 Å². The Morgan fingerprint density at radius 3 is 2.48 bits per heavy atom. The number of benzene rings is 1. The van der Waals surface area contributed by atoms with Crippen LogP contribution in [0.2, 0.25) is 0 Å². The molecular formula is C17H27FIN3S. The molecule has 0 unspecified atom stereocenters. The summed E-state index contributed by atoms with van der Waals surface area (Å²) in [5, 5.41) is 6.78. The van der Waals surface area contributed by atoms with Gasteiger partial charge in [0.2, 0.25) is 0 Å². The molecule has 0 saturated heterocycles. The van der Waals surface area contributed by atoms with E-state index >= 15 is 0 Å². The van der Waals surface area contributed by atoms with Crippen LogP contribution >= 0.6 is 35.7 Å². The van der Waals surface area contributed by atoms with Crippen LogP contribution in [0.4, 0.5) is 4.39 Å². The molecule has 0 aromatic heterocycles. The van der Waals surface area contributed by atoms with Crippen molar-refractivity contribution >= 4 is 41.7 Å². The predicted molar refractivity (Wildman–Crippen MR) is 110 cm³/mol. The third kappa shape index (κ3) is 6.49. The van der Waals surface area contributed by atoms with Crippen molar-refractivity contribution in [2.75, 3.05) is 32.1 Å². The minimum absolute atomic E-state index is 0. The highest BCUT2D eigenvalue weighted by Crippen LogP contribution is 2.47. The van der Waals surface area contributed by atoms with Gasteiger partial charge >= 0.3 is 0 Å². The number of halogens is 2. The van der Waals surface area contributed by atoms with E-state index in [0.717, 1.165) is 38.3 Å². The number of hydrogen-bond donors (Lipinski definition) is 2. The van der Waals surface area contributed by atoms with Gasteiger partial charge in [-0.15, -0.1) is 24.0 Å². The average molecular weight is 451 g/mol. The Bertz CT molecular complexity index is 489. The number of nitrogens with one attached hydrogen (secondary N) is 2. The first-order chi connectivity index (χ1) is 10.7. The van der Waals surface area contributed by atoms with Crippen molar-refractivity contribution in [3.8, 4) is 0 Å². The normalized spacial score (nSPS) is 15.7. The number of rotatable bonds is 8. The first kappa shape index (κ1) is 20.5.